The second kappa shape index (κ2) is 7.47. The molecule has 0 saturated heterocycles. The lowest BCUT2D eigenvalue weighted by Crippen LogP contribution is -2.42. The van der Waals surface area contributed by atoms with Gasteiger partial charge >= 0.3 is 12.2 Å². The van der Waals surface area contributed by atoms with Gasteiger partial charge in [-0.3, -0.25) is 4.79 Å². The Morgan fingerprint density at radius 2 is 1.94 bits per heavy atom. The fourth-order valence-corrected chi connectivity index (χ4v) is 3.93. The van der Waals surface area contributed by atoms with E-state index in [0.717, 1.165) is 17.7 Å². The maximum absolute atomic E-state index is 13.1. The summed E-state index contributed by atoms with van der Waals surface area (Å²) in [7, 11) is 0. The van der Waals surface area contributed by atoms with Crippen molar-refractivity contribution in [1.29, 1.82) is 0 Å². The normalized spacial score (nSPS) is 19.4. The molecule has 0 unspecified atom stereocenters. The Morgan fingerprint density at radius 3 is 2.68 bits per heavy atom. The van der Waals surface area contributed by atoms with Crippen LogP contribution in [-0.2, 0) is 17.4 Å². The summed E-state index contributed by atoms with van der Waals surface area (Å²) in [4.78, 5) is 24.2. The molecule has 0 saturated carbocycles. The van der Waals surface area contributed by atoms with Crippen LogP contribution in [0.3, 0.4) is 0 Å². The number of halogens is 3. The van der Waals surface area contributed by atoms with Gasteiger partial charge in [-0.1, -0.05) is 12.1 Å². The number of rotatable bonds is 2. The van der Waals surface area contributed by atoms with Crippen molar-refractivity contribution in [2.24, 2.45) is 0 Å². The summed E-state index contributed by atoms with van der Waals surface area (Å²) in [5, 5.41) is 8.33. The first-order valence-electron chi connectivity index (χ1n) is 9.91. The highest BCUT2D eigenvalue weighted by Crippen LogP contribution is 2.42. The number of alkyl halides is 3. The van der Waals surface area contributed by atoms with E-state index in [-0.39, 0.29) is 11.7 Å². The summed E-state index contributed by atoms with van der Waals surface area (Å²) in [6.45, 7) is 3.52. The van der Waals surface area contributed by atoms with E-state index in [9.17, 15) is 22.8 Å². The smallest absolute Gasteiger partial charge is 0.416 e. The van der Waals surface area contributed by atoms with Crippen LogP contribution in [0.15, 0.2) is 36.4 Å². The number of amides is 3. The summed E-state index contributed by atoms with van der Waals surface area (Å²) in [5.74, 6) is 0.0289. The van der Waals surface area contributed by atoms with Crippen molar-refractivity contribution < 1.29 is 27.5 Å². The van der Waals surface area contributed by atoms with Crippen LogP contribution < -0.4 is 20.7 Å². The number of urea groups is 1. The first kappa shape index (κ1) is 21.0. The van der Waals surface area contributed by atoms with Crippen molar-refractivity contribution in [3.63, 3.8) is 0 Å². The number of benzene rings is 2. The molecule has 2 aromatic carbocycles. The van der Waals surface area contributed by atoms with Gasteiger partial charge in [0.1, 0.15) is 11.4 Å². The van der Waals surface area contributed by atoms with E-state index in [4.69, 9.17) is 4.74 Å². The fourth-order valence-electron chi connectivity index (χ4n) is 3.93. The Bertz CT molecular complexity index is 1050. The lowest BCUT2D eigenvalue weighted by atomic mass is 9.89. The van der Waals surface area contributed by atoms with E-state index in [2.05, 4.69) is 16.0 Å². The second-order valence-electron chi connectivity index (χ2n) is 8.39. The molecular weight excluding hydrogens is 411 g/mol. The number of aryl methyl sites for hydroxylation is 1. The molecule has 0 fully saturated rings. The Morgan fingerprint density at radius 1 is 1.16 bits per heavy atom. The van der Waals surface area contributed by atoms with Gasteiger partial charge in [0, 0.05) is 29.8 Å². The van der Waals surface area contributed by atoms with Crippen LogP contribution in [-0.4, -0.2) is 17.5 Å². The summed E-state index contributed by atoms with van der Waals surface area (Å²) in [5.41, 5.74) is 1.07. The van der Waals surface area contributed by atoms with E-state index in [1.807, 2.05) is 6.07 Å². The highest BCUT2D eigenvalue weighted by atomic mass is 19.4. The highest BCUT2D eigenvalue weighted by molar-refractivity contribution is 5.96. The molecule has 2 heterocycles. The van der Waals surface area contributed by atoms with Crippen LogP contribution in [0.4, 0.5) is 29.3 Å². The van der Waals surface area contributed by atoms with Gasteiger partial charge in [-0.05, 0) is 50.1 Å². The van der Waals surface area contributed by atoms with Crippen LogP contribution in [0.2, 0.25) is 0 Å². The maximum Gasteiger partial charge on any atom is 0.416 e. The molecule has 4 rings (SSSR count). The largest absolute Gasteiger partial charge is 0.487 e. The topological polar surface area (TPSA) is 79.5 Å². The molecule has 6 nitrogen and oxygen atoms in total. The monoisotopic (exact) mass is 433 g/mol. The first-order chi connectivity index (χ1) is 14.5. The van der Waals surface area contributed by atoms with Crippen LogP contribution in [0.1, 0.15) is 49.4 Å². The average molecular weight is 433 g/mol. The maximum atomic E-state index is 13.1. The quantitative estimate of drug-likeness (QED) is 0.623. The molecule has 2 aromatic rings. The van der Waals surface area contributed by atoms with Crippen molar-refractivity contribution in [3.05, 3.63) is 53.1 Å². The first-order valence-corrected chi connectivity index (χ1v) is 9.91. The zero-order chi connectivity index (χ0) is 22.4. The Hall–Kier alpha value is -3.23. The molecule has 0 spiro atoms. The van der Waals surface area contributed by atoms with Crippen molar-refractivity contribution in [2.45, 2.75) is 50.9 Å². The third kappa shape index (κ3) is 4.60. The van der Waals surface area contributed by atoms with Gasteiger partial charge in [0.05, 0.1) is 11.6 Å². The van der Waals surface area contributed by atoms with E-state index < -0.39 is 29.4 Å². The fraction of sp³-hybridized carbons (Fsp3) is 0.364. The van der Waals surface area contributed by atoms with Crippen molar-refractivity contribution >= 4 is 23.3 Å². The highest BCUT2D eigenvalue weighted by Gasteiger charge is 2.37. The SMILES string of the molecule is CC1(C)C[C@@H](NC(=O)Nc2ccc3c(c2)NC(=O)CC3)c2ccc(C(F)(F)F)cc2O1. The molecule has 9 heteroatoms. The Labute approximate surface area is 177 Å². The molecule has 2 aliphatic rings. The van der Waals surface area contributed by atoms with Gasteiger partial charge in [0.2, 0.25) is 5.91 Å². The predicted octanol–water partition coefficient (Wildman–Crippen LogP) is 5.01. The summed E-state index contributed by atoms with van der Waals surface area (Å²) in [6, 6.07) is 7.53. The lowest BCUT2D eigenvalue weighted by Gasteiger charge is -2.38. The van der Waals surface area contributed by atoms with Crippen LogP contribution in [0, 0.1) is 0 Å². The minimum atomic E-state index is -4.48. The minimum absolute atomic E-state index is 0.0756. The molecule has 2 aliphatic heterocycles. The van der Waals surface area contributed by atoms with Gasteiger partial charge in [-0.15, -0.1) is 0 Å². The van der Waals surface area contributed by atoms with E-state index in [0.29, 0.717) is 36.2 Å². The van der Waals surface area contributed by atoms with E-state index in [1.165, 1.54) is 6.07 Å². The number of fused-ring (bicyclic) bond motifs is 2. The number of ether oxygens (including phenoxy) is 1. The van der Waals surface area contributed by atoms with Crippen LogP contribution in [0.25, 0.3) is 0 Å². The number of nitrogens with one attached hydrogen (secondary N) is 3. The number of carbonyl (C=O) groups is 2. The zero-order valence-corrected chi connectivity index (χ0v) is 17.0. The van der Waals surface area contributed by atoms with Crippen LogP contribution >= 0.6 is 0 Å². The third-order valence-electron chi connectivity index (χ3n) is 5.37. The molecule has 164 valence electrons. The molecule has 0 radical (unpaired) electrons. The lowest BCUT2D eigenvalue weighted by molar-refractivity contribution is -0.137. The molecule has 1 atom stereocenters. The Kier molecular flexibility index (Phi) is 5.07. The zero-order valence-electron chi connectivity index (χ0n) is 17.0. The average Bonchev–Trinajstić information content (AvgIpc) is 2.65. The second-order valence-corrected chi connectivity index (χ2v) is 8.39. The Balaban J connectivity index is 1.52. The standard InChI is InChI=1S/C22H22F3N3O3/c1-21(2)11-17(15-7-5-13(22(23,24)25)9-18(15)31-21)28-20(30)26-14-6-3-12-4-8-19(29)27-16(12)10-14/h3,5-7,9-10,17H,4,8,11H2,1-2H3,(H,27,29)(H2,26,28,30)/t17-/m1/s1. The van der Waals surface area contributed by atoms with Gasteiger partial charge in [-0.2, -0.15) is 13.2 Å². The van der Waals surface area contributed by atoms with Gasteiger partial charge in [0.15, 0.2) is 0 Å². The summed E-state index contributed by atoms with van der Waals surface area (Å²) < 4.78 is 45.0. The molecular formula is C22H22F3N3O3. The predicted molar refractivity (Wildman–Crippen MR) is 109 cm³/mol. The van der Waals surface area contributed by atoms with Gasteiger partial charge in [0.25, 0.3) is 0 Å². The summed E-state index contributed by atoms with van der Waals surface area (Å²) >= 11 is 0. The van der Waals surface area contributed by atoms with Crippen LogP contribution in [0.5, 0.6) is 5.75 Å². The van der Waals surface area contributed by atoms with E-state index >= 15 is 0 Å². The number of hydrogen-bond acceptors (Lipinski definition) is 3. The summed E-state index contributed by atoms with van der Waals surface area (Å²) in [6.07, 6.45) is -3.03. The number of carbonyl (C=O) groups excluding carboxylic acids is 2. The molecule has 0 bridgehead atoms. The molecule has 3 amide bonds. The molecule has 3 N–H and O–H groups in total. The molecule has 0 aliphatic carbocycles. The van der Waals surface area contributed by atoms with Crippen molar-refractivity contribution in [3.8, 4) is 5.75 Å². The number of hydrogen-bond donors (Lipinski definition) is 3. The van der Waals surface area contributed by atoms with Gasteiger partial charge < -0.3 is 20.7 Å². The van der Waals surface area contributed by atoms with Gasteiger partial charge in [-0.25, -0.2) is 4.79 Å². The minimum Gasteiger partial charge on any atom is -0.487 e. The number of anilines is 2. The molecule has 0 aromatic heterocycles. The molecule has 31 heavy (non-hydrogen) atoms. The van der Waals surface area contributed by atoms with Crippen molar-refractivity contribution in [1.82, 2.24) is 5.32 Å². The third-order valence-corrected chi connectivity index (χ3v) is 5.37. The van der Waals surface area contributed by atoms with Crippen molar-refractivity contribution in [2.75, 3.05) is 10.6 Å². The van der Waals surface area contributed by atoms with E-state index in [1.54, 1.807) is 26.0 Å².